The Bertz CT molecular complexity index is 472. The van der Waals surface area contributed by atoms with Gasteiger partial charge in [0, 0.05) is 38.0 Å². The van der Waals surface area contributed by atoms with E-state index in [0.29, 0.717) is 5.92 Å². The highest BCUT2D eigenvalue weighted by Gasteiger charge is 2.24. The van der Waals surface area contributed by atoms with Crippen LogP contribution in [0.25, 0.3) is 0 Å². The number of amides is 1. The fourth-order valence-corrected chi connectivity index (χ4v) is 2.90. The highest BCUT2D eigenvalue weighted by Crippen LogP contribution is 2.23. The Morgan fingerprint density at radius 2 is 2.30 bits per heavy atom. The summed E-state index contributed by atoms with van der Waals surface area (Å²) in [7, 11) is 1.88. The molecular formula is C16H24N2O2. The summed E-state index contributed by atoms with van der Waals surface area (Å²) in [6.45, 7) is 3.78. The van der Waals surface area contributed by atoms with Gasteiger partial charge in [-0.1, -0.05) is 0 Å². The summed E-state index contributed by atoms with van der Waals surface area (Å²) in [5.74, 6) is 0.558. The third-order valence-electron chi connectivity index (χ3n) is 4.09. The van der Waals surface area contributed by atoms with Gasteiger partial charge in [-0.05, 0) is 55.9 Å². The number of rotatable bonds is 4. The van der Waals surface area contributed by atoms with Gasteiger partial charge in [0.15, 0.2) is 0 Å². The molecule has 1 aromatic rings. The van der Waals surface area contributed by atoms with E-state index in [0.717, 1.165) is 49.2 Å². The molecule has 0 bridgehead atoms. The van der Waals surface area contributed by atoms with Crippen molar-refractivity contribution < 1.29 is 9.90 Å². The lowest BCUT2D eigenvalue weighted by atomic mass is 9.94. The summed E-state index contributed by atoms with van der Waals surface area (Å²) in [5, 5.41) is 12.1. The maximum Gasteiger partial charge on any atom is 0.254 e. The Balaban J connectivity index is 2.10. The first kappa shape index (κ1) is 14.9. The molecule has 20 heavy (non-hydrogen) atoms. The topological polar surface area (TPSA) is 52.6 Å². The lowest BCUT2D eigenvalue weighted by Gasteiger charge is -2.33. The molecule has 1 aliphatic rings. The van der Waals surface area contributed by atoms with Gasteiger partial charge in [0.2, 0.25) is 0 Å². The standard InChI is InChI=1S/C16H24N2O2/c1-12-10-14(17-2)5-6-15(12)16(20)18-8-3-4-13(11-18)7-9-19/h5-6,10,13,17,19H,3-4,7-9,11H2,1-2H3. The summed E-state index contributed by atoms with van der Waals surface area (Å²) in [5.41, 5.74) is 2.82. The van der Waals surface area contributed by atoms with Gasteiger partial charge in [-0.3, -0.25) is 4.79 Å². The molecule has 1 saturated heterocycles. The second kappa shape index (κ2) is 6.75. The van der Waals surface area contributed by atoms with Crippen molar-refractivity contribution in [1.82, 2.24) is 4.90 Å². The van der Waals surface area contributed by atoms with Crippen LogP contribution in [0.3, 0.4) is 0 Å². The lowest BCUT2D eigenvalue weighted by Crippen LogP contribution is -2.40. The van der Waals surface area contributed by atoms with E-state index in [1.54, 1.807) is 0 Å². The minimum atomic E-state index is 0.118. The molecule has 110 valence electrons. The van der Waals surface area contributed by atoms with Crippen molar-refractivity contribution in [1.29, 1.82) is 0 Å². The molecule has 1 heterocycles. The third-order valence-corrected chi connectivity index (χ3v) is 4.09. The van der Waals surface area contributed by atoms with Crippen LogP contribution in [0.5, 0.6) is 0 Å². The number of hydrogen-bond acceptors (Lipinski definition) is 3. The number of carbonyl (C=O) groups is 1. The predicted molar refractivity (Wildman–Crippen MR) is 81.1 cm³/mol. The Hall–Kier alpha value is -1.55. The number of nitrogens with one attached hydrogen (secondary N) is 1. The molecule has 1 atom stereocenters. The largest absolute Gasteiger partial charge is 0.396 e. The van der Waals surface area contributed by atoms with Crippen molar-refractivity contribution in [2.45, 2.75) is 26.2 Å². The number of benzene rings is 1. The van der Waals surface area contributed by atoms with Crippen LogP contribution in [0, 0.1) is 12.8 Å². The molecule has 1 aromatic carbocycles. The number of anilines is 1. The molecule has 1 aliphatic heterocycles. The molecule has 0 saturated carbocycles. The Kier molecular flexibility index (Phi) is 5.01. The van der Waals surface area contributed by atoms with E-state index >= 15 is 0 Å². The van der Waals surface area contributed by atoms with E-state index in [4.69, 9.17) is 5.11 Å². The average Bonchev–Trinajstić information content (AvgIpc) is 2.47. The predicted octanol–water partition coefficient (Wildman–Crippen LogP) is 2.27. The molecule has 4 heteroatoms. The number of likely N-dealkylation sites (tertiary alicyclic amines) is 1. The molecule has 4 nitrogen and oxygen atoms in total. The average molecular weight is 276 g/mol. The fourth-order valence-electron chi connectivity index (χ4n) is 2.90. The second-order valence-electron chi connectivity index (χ2n) is 5.55. The highest BCUT2D eigenvalue weighted by atomic mass is 16.3. The van der Waals surface area contributed by atoms with Crippen LogP contribution >= 0.6 is 0 Å². The van der Waals surface area contributed by atoms with E-state index < -0.39 is 0 Å². The van der Waals surface area contributed by atoms with Crippen molar-refractivity contribution in [2.24, 2.45) is 5.92 Å². The Labute approximate surface area is 120 Å². The van der Waals surface area contributed by atoms with Gasteiger partial charge in [0.25, 0.3) is 5.91 Å². The van der Waals surface area contributed by atoms with Crippen molar-refractivity contribution in [3.05, 3.63) is 29.3 Å². The van der Waals surface area contributed by atoms with E-state index in [2.05, 4.69) is 5.32 Å². The molecule has 2 N–H and O–H groups in total. The van der Waals surface area contributed by atoms with Crippen molar-refractivity contribution in [3.63, 3.8) is 0 Å². The van der Waals surface area contributed by atoms with Crippen LogP contribution in [-0.2, 0) is 0 Å². The third kappa shape index (κ3) is 3.31. The van der Waals surface area contributed by atoms with E-state index in [-0.39, 0.29) is 12.5 Å². The number of aliphatic hydroxyl groups excluding tert-OH is 1. The van der Waals surface area contributed by atoms with E-state index in [1.165, 1.54) is 0 Å². The number of piperidine rings is 1. The van der Waals surface area contributed by atoms with Crippen LogP contribution in [-0.4, -0.2) is 42.7 Å². The molecule has 1 fully saturated rings. The smallest absolute Gasteiger partial charge is 0.254 e. The van der Waals surface area contributed by atoms with Crippen LogP contribution < -0.4 is 5.32 Å². The monoisotopic (exact) mass is 276 g/mol. The molecule has 0 radical (unpaired) electrons. The van der Waals surface area contributed by atoms with Gasteiger partial charge in [0.1, 0.15) is 0 Å². The van der Waals surface area contributed by atoms with Gasteiger partial charge < -0.3 is 15.3 Å². The van der Waals surface area contributed by atoms with Crippen LogP contribution in [0.15, 0.2) is 18.2 Å². The van der Waals surface area contributed by atoms with Crippen LogP contribution in [0.1, 0.15) is 35.2 Å². The number of carbonyl (C=O) groups excluding carboxylic acids is 1. The van der Waals surface area contributed by atoms with Crippen molar-refractivity contribution in [2.75, 3.05) is 32.1 Å². The Morgan fingerprint density at radius 1 is 1.50 bits per heavy atom. The summed E-state index contributed by atoms with van der Waals surface area (Å²) in [4.78, 5) is 14.5. The van der Waals surface area contributed by atoms with E-state index in [9.17, 15) is 4.79 Å². The van der Waals surface area contributed by atoms with Gasteiger partial charge in [-0.2, -0.15) is 0 Å². The first-order valence-electron chi connectivity index (χ1n) is 7.34. The number of hydrogen-bond donors (Lipinski definition) is 2. The van der Waals surface area contributed by atoms with Gasteiger partial charge in [-0.25, -0.2) is 0 Å². The number of aryl methyl sites for hydroxylation is 1. The quantitative estimate of drug-likeness (QED) is 0.887. The molecule has 2 rings (SSSR count). The Morgan fingerprint density at radius 3 is 2.95 bits per heavy atom. The number of aliphatic hydroxyl groups is 1. The van der Waals surface area contributed by atoms with Crippen molar-refractivity contribution >= 4 is 11.6 Å². The highest BCUT2D eigenvalue weighted by molar-refractivity contribution is 5.96. The van der Waals surface area contributed by atoms with Gasteiger partial charge >= 0.3 is 0 Å². The lowest BCUT2D eigenvalue weighted by molar-refractivity contribution is 0.0653. The summed E-state index contributed by atoms with van der Waals surface area (Å²) < 4.78 is 0. The van der Waals surface area contributed by atoms with Crippen LogP contribution in [0.4, 0.5) is 5.69 Å². The van der Waals surface area contributed by atoms with Gasteiger partial charge in [0.05, 0.1) is 0 Å². The molecule has 1 unspecified atom stereocenters. The molecule has 0 aromatic heterocycles. The fraction of sp³-hybridized carbons (Fsp3) is 0.562. The minimum absolute atomic E-state index is 0.118. The summed E-state index contributed by atoms with van der Waals surface area (Å²) in [6, 6.07) is 5.84. The summed E-state index contributed by atoms with van der Waals surface area (Å²) in [6.07, 6.45) is 2.94. The molecule has 1 amide bonds. The SMILES string of the molecule is CNc1ccc(C(=O)N2CCCC(CCO)C2)c(C)c1. The molecule has 0 spiro atoms. The first-order valence-corrected chi connectivity index (χ1v) is 7.34. The van der Waals surface area contributed by atoms with E-state index in [1.807, 2.05) is 37.1 Å². The second-order valence-corrected chi connectivity index (χ2v) is 5.55. The van der Waals surface area contributed by atoms with Crippen LogP contribution in [0.2, 0.25) is 0 Å². The minimum Gasteiger partial charge on any atom is -0.396 e. The molecule has 0 aliphatic carbocycles. The maximum absolute atomic E-state index is 12.6. The zero-order valence-corrected chi connectivity index (χ0v) is 12.4. The molecular weight excluding hydrogens is 252 g/mol. The number of nitrogens with zero attached hydrogens (tertiary/aromatic N) is 1. The first-order chi connectivity index (χ1) is 9.65. The normalized spacial score (nSPS) is 18.9. The zero-order valence-electron chi connectivity index (χ0n) is 12.4. The van der Waals surface area contributed by atoms with Gasteiger partial charge in [-0.15, -0.1) is 0 Å². The maximum atomic E-state index is 12.6. The summed E-state index contributed by atoms with van der Waals surface area (Å²) >= 11 is 0. The zero-order chi connectivity index (χ0) is 14.5. The van der Waals surface area contributed by atoms with Crippen molar-refractivity contribution in [3.8, 4) is 0 Å².